The van der Waals surface area contributed by atoms with Crippen molar-refractivity contribution in [1.29, 1.82) is 0 Å². The minimum atomic E-state index is -0.626. The molecule has 0 saturated carbocycles. The number of carbonyl (C=O) groups is 2. The third-order valence-corrected chi connectivity index (χ3v) is 6.06. The number of nitrogen functional groups attached to an aromatic ring is 1. The molecule has 3 heterocycles. The Morgan fingerprint density at radius 2 is 1.86 bits per heavy atom. The van der Waals surface area contributed by atoms with Crippen molar-refractivity contribution in [2.24, 2.45) is 0 Å². The lowest BCUT2D eigenvalue weighted by Gasteiger charge is -2.14. The Hall–Kier alpha value is -4.28. The fraction of sp³-hybridized carbons (Fsp3) is 0.320. The van der Waals surface area contributed by atoms with Gasteiger partial charge >= 0.3 is 11.9 Å². The van der Waals surface area contributed by atoms with E-state index in [0.717, 1.165) is 30.5 Å². The highest BCUT2D eigenvalue weighted by atomic mass is 19.1. The number of halogens is 1. The van der Waals surface area contributed by atoms with Crippen molar-refractivity contribution in [2.45, 2.75) is 46.1 Å². The second kappa shape index (κ2) is 9.40. The standard InChI is InChI=1S/C25H24FN5O5/c1-3-34-24(32)19-13(2)36-23-20(19)22(27)28-18(29-23)12-35-25(33)21-16-6-4-5-7-17(16)31(30-21)15-10-8-14(26)9-11-15/h8-11H,3-7,12H2,1-2H3,(H2,27,28,29). The maximum atomic E-state index is 13.4. The van der Waals surface area contributed by atoms with E-state index in [1.54, 1.807) is 30.7 Å². The second-order valence-electron chi connectivity index (χ2n) is 8.40. The number of nitrogens with zero attached hydrogens (tertiary/aromatic N) is 4. The van der Waals surface area contributed by atoms with E-state index in [1.165, 1.54) is 12.1 Å². The first-order chi connectivity index (χ1) is 17.4. The number of anilines is 1. The van der Waals surface area contributed by atoms with E-state index < -0.39 is 11.9 Å². The SMILES string of the molecule is CCOC(=O)c1c(C)oc2nc(COC(=O)c3nn(-c4ccc(F)cc4)c4c3CCCC4)nc(N)c12. The monoisotopic (exact) mass is 493 g/mol. The van der Waals surface area contributed by atoms with Crippen LogP contribution < -0.4 is 5.73 Å². The minimum Gasteiger partial charge on any atom is -0.462 e. The summed E-state index contributed by atoms with van der Waals surface area (Å²) in [5, 5.41) is 4.77. The molecule has 0 aliphatic heterocycles. The fourth-order valence-corrected chi connectivity index (χ4v) is 4.45. The normalized spacial score (nSPS) is 13.0. The van der Waals surface area contributed by atoms with Crippen LogP contribution in [0.2, 0.25) is 0 Å². The summed E-state index contributed by atoms with van der Waals surface area (Å²) in [7, 11) is 0. The summed E-state index contributed by atoms with van der Waals surface area (Å²) < 4.78 is 31.2. The predicted molar refractivity (Wildman–Crippen MR) is 126 cm³/mol. The number of esters is 2. The van der Waals surface area contributed by atoms with Crippen LogP contribution in [-0.4, -0.2) is 38.3 Å². The summed E-state index contributed by atoms with van der Waals surface area (Å²) in [5.74, 6) is -1.12. The van der Waals surface area contributed by atoms with Gasteiger partial charge in [0.25, 0.3) is 0 Å². The third kappa shape index (κ3) is 4.16. The van der Waals surface area contributed by atoms with Crippen molar-refractivity contribution in [2.75, 3.05) is 12.3 Å². The summed E-state index contributed by atoms with van der Waals surface area (Å²) in [6.45, 7) is 3.22. The highest BCUT2D eigenvalue weighted by Gasteiger charge is 2.28. The van der Waals surface area contributed by atoms with E-state index >= 15 is 0 Å². The average Bonchev–Trinajstić information content (AvgIpc) is 3.41. The topological polar surface area (TPSA) is 135 Å². The van der Waals surface area contributed by atoms with E-state index in [-0.39, 0.29) is 53.0 Å². The molecule has 186 valence electrons. The quantitative estimate of drug-likeness (QED) is 0.397. The first-order valence-electron chi connectivity index (χ1n) is 11.6. The molecule has 0 unspecified atom stereocenters. The maximum Gasteiger partial charge on any atom is 0.359 e. The number of benzene rings is 1. The summed E-state index contributed by atoms with van der Waals surface area (Å²) >= 11 is 0. The van der Waals surface area contributed by atoms with Crippen molar-refractivity contribution in [3.8, 4) is 5.69 Å². The van der Waals surface area contributed by atoms with Gasteiger partial charge < -0.3 is 19.6 Å². The highest BCUT2D eigenvalue weighted by Crippen LogP contribution is 2.30. The van der Waals surface area contributed by atoms with Crippen LogP contribution >= 0.6 is 0 Å². The molecule has 2 N–H and O–H groups in total. The molecule has 3 aromatic heterocycles. The largest absolute Gasteiger partial charge is 0.462 e. The molecule has 11 heteroatoms. The molecule has 0 spiro atoms. The number of rotatable bonds is 6. The fourth-order valence-electron chi connectivity index (χ4n) is 4.45. The van der Waals surface area contributed by atoms with Crippen molar-refractivity contribution in [1.82, 2.24) is 19.7 Å². The minimum absolute atomic E-state index is 0.0175. The van der Waals surface area contributed by atoms with Gasteiger partial charge in [-0.15, -0.1) is 0 Å². The molecule has 0 fully saturated rings. The zero-order valence-electron chi connectivity index (χ0n) is 19.8. The summed E-state index contributed by atoms with van der Waals surface area (Å²) in [6, 6.07) is 5.94. The van der Waals surface area contributed by atoms with Gasteiger partial charge in [-0.3, -0.25) is 0 Å². The van der Waals surface area contributed by atoms with Crippen molar-refractivity contribution in [3.05, 3.63) is 64.2 Å². The van der Waals surface area contributed by atoms with Crippen LogP contribution in [0.25, 0.3) is 16.8 Å². The summed E-state index contributed by atoms with van der Waals surface area (Å²) in [6.07, 6.45) is 3.35. The van der Waals surface area contributed by atoms with Gasteiger partial charge in [0.15, 0.2) is 18.1 Å². The maximum absolute atomic E-state index is 13.4. The second-order valence-corrected chi connectivity index (χ2v) is 8.40. The third-order valence-electron chi connectivity index (χ3n) is 6.06. The van der Waals surface area contributed by atoms with Gasteiger partial charge in [-0.05, 0) is 63.8 Å². The van der Waals surface area contributed by atoms with Crippen LogP contribution in [-0.2, 0) is 28.9 Å². The van der Waals surface area contributed by atoms with Gasteiger partial charge in [0.2, 0.25) is 5.71 Å². The van der Waals surface area contributed by atoms with E-state index in [9.17, 15) is 14.0 Å². The molecule has 5 rings (SSSR count). The molecule has 1 aliphatic rings. The van der Waals surface area contributed by atoms with Gasteiger partial charge in [0, 0.05) is 11.3 Å². The molecule has 1 aromatic carbocycles. The van der Waals surface area contributed by atoms with Gasteiger partial charge in [-0.2, -0.15) is 10.1 Å². The number of hydrogen-bond donors (Lipinski definition) is 1. The smallest absolute Gasteiger partial charge is 0.359 e. The van der Waals surface area contributed by atoms with Gasteiger partial charge in [-0.1, -0.05) is 0 Å². The van der Waals surface area contributed by atoms with E-state index in [1.807, 2.05) is 0 Å². The number of furan rings is 1. The van der Waals surface area contributed by atoms with E-state index in [4.69, 9.17) is 19.6 Å². The summed E-state index contributed by atoms with van der Waals surface area (Å²) in [4.78, 5) is 33.8. The molecule has 36 heavy (non-hydrogen) atoms. The van der Waals surface area contributed by atoms with Crippen molar-refractivity contribution in [3.63, 3.8) is 0 Å². The molecule has 0 saturated heterocycles. The first kappa shape index (κ1) is 23.5. The molecular formula is C25H24FN5O5. The molecule has 0 amide bonds. The lowest BCUT2D eigenvalue weighted by molar-refractivity contribution is 0.0452. The predicted octanol–water partition coefficient (Wildman–Crippen LogP) is 3.85. The highest BCUT2D eigenvalue weighted by molar-refractivity contribution is 6.07. The van der Waals surface area contributed by atoms with Crippen molar-refractivity contribution < 1.29 is 27.9 Å². The number of carbonyl (C=O) groups excluding carboxylic acids is 2. The summed E-state index contributed by atoms with van der Waals surface area (Å²) in [5.41, 5.74) is 8.99. The Balaban J connectivity index is 1.40. The molecule has 0 atom stereocenters. The molecule has 0 radical (unpaired) electrons. The van der Waals surface area contributed by atoms with Crippen molar-refractivity contribution >= 4 is 28.9 Å². The molecular weight excluding hydrogens is 469 g/mol. The average molecular weight is 493 g/mol. The molecule has 0 bridgehead atoms. The van der Waals surface area contributed by atoms with Crippen LogP contribution in [0.15, 0.2) is 28.7 Å². The van der Waals surface area contributed by atoms with Crippen LogP contribution in [0.5, 0.6) is 0 Å². The number of fused-ring (bicyclic) bond motifs is 2. The Morgan fingerprint density at radius 3 is 2.61 bits per heavy atom. The van der Waals surface area contributed by atoms with Crippen LogP contribution in [0.4, 0.5) is 10.2 Å². The number of hydrogen-bond acceptors (Lipinski definition) is 9. The molecule has 1 aliphatic carbocycles. The van der Waals surface area contributed by atoms with E-state index in [2.05, 4.69) is 15.1 Å². The number of ether oxygens (including phenoxy) is 2. The molecule has 10 nitrogen and oxygen atoms in total. The zero-order chi connectivity index (χ0) is 25.4. The van der Waals surface area contributed by atoms with Gasteiger partial charge in [0.05, 0.1) is 17.7 Å². The molecule has 4 aromatic rings. The Labute approximate surface area is 205 Å². The van der Waals surface area contributed by atoms with Crippen LogP contribution in [0, 0.1) is 12.7 Å². The zero-order valence-corrected chi connectivity index (χ0v) is 19.8. The van der Waals surface area contributed by atoms with E-state index in [0.29, 0.717) is 17.9 Å². The van der Waals surface area contributed by atoms with Crippen LogP contribution in [0.3, 0.4) is 0 Å². The lowest BCUT2D eigenvalue weighted by atomic mass is 9.95. The number of aryl methyl sites for hydroxylation is 1. The lowest BCUT2D eigenvalue weighted by Crippen LogP contribution is -2.12. The first-order valence-corrected chi connectivity index (χ1v) is 11.6. The number of nitrogens with two attached hydrogens (primary N) is 1. The van der Waals surface area contributed by atoms with Crippen LogP contribution in [0.1, 0.15) is 63.5 Å². The number of aromatic nitrogens is 4. The Bertz CT molecular complexity index is 1470. The Morgan fingerprint density at radius 1 is 1.11 bits per heavy atom. The van der Waals surface area contributed by atoms with Gasteiger partial charge in [0.1, 0.15) is 23.0 Å². The van der Waals surface area contributed by atoms with Gasteiger partial charge in [-0.25, -0.2) is 23.6 Å². The Kier molecular flexibility index (Phi) is 6.13.